The minimum atomic E-state index is 0.231. The summed E-state index contributed by atoms with van der Waals surface area (Å²) in [6.45, 7) is 5.96. The summed E-state index contributed by atoms with van der Waals surface area (Å²) in [5.41, 5.74) is 2.35. The second kappa shape index (κ2) is 8.02. The Morgan fingerprint density at radius 2 is 1.84 bits per heavy atom. The van der Waals surface area contributed by atoms with Crippen molar-refractivity contribution >= 4 is 0 Å². The normalized spacial score (nSPS) is 12.3. The number of aliphatic hydroxyl groups is 1. The molecule has 1 aromatic rings. The second-order valence-corrected chi connectivity index (χ2v) is 4.72. The van der Waals surface area contributed by atoms with E-state index in [0.29, 0.717) is 5.92 Å². The zero-order chi connectivity index (χ0) is 14.3. The molecule has 1 unspecified atom stereocenters. The van der Waals surface area contributed by atoms with Crippen LogP contribution in [0.1, 0.15) is 24.5 Å². The summed E-state index contributed by atoms with van der Waals surface area (Å²) >= 11 is 0. The van der Waals surface area contributed by atoms with Crippen LogP contribution < -0.4 is 14.8 Å². The number of hydrogen-bond acceptors (Lipinski definition) is 4. The van der Waals surface area contributed by atoms with Crippen molar-refractivity contribution in [1.29, 1.82) is 0 Å². The fourth-order valence-corrected chi connectivity index (χ4v) is 1.96. The third-order valence-electron chi connectivity index (χ3n) is 3.43. The molecule has 0 aliphatic carbocycles. The first-order valence-corrected chi connectivity index (χ1v) is 6.69. The van der Waals surface area contributed by atoms with Gasteiger partial charge >= 0.3 is 0 Å². The summed E-state index contributed by atoms with van der Waals surface area (Å²) < 4.78 is 10.6. The lowest BCUT2D eigenvalue weighted by atomic mass is 10.1. The van der Waals surface area contributed by atoms with Gasteiger partial charge in [0.15, 0.2) is 11.5 Å². The number of ether oxygens (including phenoxy) is 2. The molecule has 2 N–H and O–H groups in total. The van der Waals surface area contributed by atoms with E-state index in [9.17, 15) is 0 Å². The highest BCUT2D eigenvalue weighted by molar-refractivity contribution is 5.46. The van der Waals surface area contributed by atoms with E-state index in [2.05, 4.69) is 19.2 Å². The molecule has 0 saturated carbocycles. The summed E-state index contributed by atoms with van der Waals surface area (Å²) in [6, 6.07) is 3.99. The summed E-state index contributed by atoms with van der Waals surface area (Å²) in [7, 11) is 3.28. The highest BCUT2D eigenvalue weighted by atomic mass is 16.5. The van der Waals surface area contributed by atoms with Gasteiger partial charge in [-0.2, -0.15) is 0 Å². The number of benzene rings is 1. The van der Waals surface area contributed by atoms with Crippen molar-refractivity contribution in [2.75, 3.05) is 27.4 Å². The molecule has 4 heteroatoms. The Morgan fingerprint density at radius 3 is 2.37 bits per heavy atom. The Balaban J connectivity index is 2.68. The minimum absolute atomic E-state index is 0.231. The third-order valence-corrected chi connectivity index (χ3v) is 3.43. The first-order valence-electron chi connectivity index (χ1n) is 6.69. The number of aryl methyl sites for hydroxylation is 1. The van der Waals surface area contributed by atoms with E-state index in [1.807, 2.05) is 12.1 Å². The van der Waals surface area contributed by atoms with E-state index in [1.165, 1.54) is 11.1 Å². The predicted molar refractivity (Wildman–Crippen MR) is 76.9 cm³/mol. The lowest BCUT2D eigenvalue weighted by Crippen LogP contribution is -2.24. The predicted octanol–water partition coefficient (Wildman–Crippen LogP) is 2.12. The third kappa shape index (κ3) is 4.40. The van der Waals surface area contributed by atoms with Gasteiger partial charge in [-0.1, -0.05) is 6.92 Å². The molecule has 1 atom stereocenters. The van der Waals surface area contributed by atoms with Crippen LogP contribution in [-0.2, 0) is 6.54 Å². The first kappa shape index (κ1) is 15.8. The molecule has 0 amide bonds. The monoisotopic (exact) mass is 267 g/mol. The van der Waals surface area contributed by atoms with Crippen LogP contribution in [0.4, 0.5) is 0 Å². The van der Waals surface area contributed by atoms with E-state index < -0.39 is 0 Å². The van der Waals surface area contributed by atoms with Gasteiger partial charge in [0, 0.05) is 19.7 Å². The lowest BCUT2D eigenvalue weighted by Gasteiger charge is -2.15. The van der Waals surface area contributed by atoms with Crippen molar-refractivity contribution in [2.45, 2.75) is 26.8 Å². The molecule has 1 rings (SSSR count). The van der Waals surface area contributed by atoms with Gasteiger partial charge in [0.05, 0.1) is 14.2 Å². The molecule has 0 radical (unpaired) electrons. The lowest BCUT2D eigenvalue weighted by molar-refractivity contribution is 0.218. The van der Waals surface area contributed by atoms with Crippen LogP contribution in [-0.4, -0.2) is 32.5 Å². The second-order valence-electron chi connectivity index (χ2n) is 4.72. The van der Waals surface area contributed by atoms with Crippen LogP contribution in [0.25, 0.3) is 0 Å². The number of methoxy groups -OCH3 is 2. The maximum Gasteiger partial charge on any atom is 0.161 e. The zero-order valence-electron chi connectivity index (χ0n) is 12.3. The molecule has 1 aromatic carbocycles. The summed E-state index contributed by atoms with van der Waals surface area (Å²) in [6.07, 6.45) is 0.981. The van der Waals surface area contributed by atoms with Crippen LogP contribution in [0.2, 0.25) is 0 Å². The van der Waals surface area contributed by atoms with Crippen molar-refractivity contribution in [1.82, 2.24) is 5.32 Å². The van der Waals surface area contributed by atoms with Gasteiger partial charge in [-0.3, -0.25) is 0 Å². The Hall–Kier alpha value is -1.26. The van der Waals surface area contributed by atoms with Gasteiger partial charge in [0.1, 0.15) is 0 Å². The molecule has 0 spiro atoms. The summed E-state index contributed by atoms with van der Waals surface area (Å²) in [5, 5.41) is 12.5. The largest absolute Gasteiger partial charge is 0.493 e. The topological polar surface area (TPSA) is 50.7 Å². The zero-order valence-corrected chi connectivity index (χ0v) is 12.3. The van der Waals surface area contributed by atoms with Crippen molar-refractivity contribution < 1.29 is 14.6 Å². The van der Waals surface area contributed by atoms with Gasteiger partial charge < -0.3 is 19.9 Å². The number of aliphatic hydroxyl groups excluding tert-OH is 1. The highest BCUT2D eigenvalue weighted by Gasteiger charge is 2.09. The van der Waals surface area contributed by atoms with Gasteiger partial charge in [0.25, 0.3) is 0 Å². The minimum Gasteiger partial charge on any atom is -0.493 e. The molecule has 0 bridgehead atoms. The maximum absolute atomic E-state index is 9.15. The number of nitrogens with one attached hydrogen (secondary N) is 1. The van der Waals surface area contributed by atoms with Crippen molar-refractivity contribution in [3.05, 3.63) is 23.3 Å². The van der Waals surface area contributed by atoms with Gasteiger partial charge in [0.2, 0.25) is 0 Å². The molecule has 0 saturated heterocycles. The van der Waals surface area contributed by atoms with Crippen molar-refractivity contribution in [3.8, 4) is 11.5 Å². The van der Waals surface area contributed by atoms with Crippen molar-refractivity contribution in [3.63, 3.8) is 0 Å². The molecule has 0 aliphatic heterocycles. The summed E-state index contributed by atoms with van der Waals surface area (Å²) in [4.78, 5) is 0. The van der Waals surface area contributed by atoms with E-state index in [1.54, 1.807) is 14.2 Å². The van der Waals surface area contributed by atoms with Gasteiger partial charge in [-0.15, -0.1) is 0 Å². The van der Waals surface area contributed by atoms with Crippen LogP contribution >= 0.6 is 0 Å². The van der Waals surface area contributed by atoms with Crippen LogP contribution in [0, 0.1) is 12.8 Å². The molecule has 4 nitrogen and oxygen atoms in total. The molecule has 0 fully saturated rings. The fraction of sp³-hybridized carbons (Fsp3) is 0.600. The van der Waals surface area contributed by atoms with E-state index in [0.717, 1.165) is 31.0 Å². The average molecular weight is 267 g/mol. The molecule has 0 aromatic heterocycles. The van der Waals surface area contributed by atoms with Crippen molar-refractivity contribution in [2.24, 2.45) is 5.92 Å². The van der Waals surface area contributed by atoms with Gasteiger partial charge in [-0.05, 0) is 42.5 Å². The van der Waals surface area contributed by atoms with Crippen LogP contribution in [0.5, 0.6) is 11.5 Å². The Morgan fingerprint density at radius 1 is 1.21 bits per heavy atom. The van der Waals surface area contributed by atoms with Gasteiger partial charge in [-0.25, -0.2) is 0 Å². The standard InChI is InChI=1S/C15H25NO3/c1-5-12(10-17)8-16-9-13-7-15(19-4)14(18-3)6-11(13)2/h6-7,12,16-17H,5,8-10H2,1-4H3. The number of hydrogen-bond donors (Lipinski definition) is 2. The smallest absolute Gasteiger partial charge is 0.161 e. The maximum atomic E-state index is 9.15. The quantitative estimate of drug-likeness (QED) is 0.757. The van der Waals surface area contributed by atoms with E-state index in [-0.39, 0.29) is 6.61 Å². The summed E-state index contributed by atoms with van der Waals surface area (Å²) in [5.74, 6) is 1.82. The molecule has 0 heterocycles. The molecule has 108 valence electrons. The van der Waals surface area contributed by atoms with Crippen LogP contribution in [0.3, 0.4) is 0 Å². The Kier molecular flexibility index (Phi) is 6.67. The first-order chi connectivity index (χ1) is 9.15. The Labute approximate surface area is 115 Å². The average Bonchev–Trinajstić information content (AvgIpc) is 2.44. The highest BCUT2D eigenvalue weighted by Crippen LogP contribution is 2.30. The van der Waals surface area contributed by atoms with Crippen LogP contribution in [0.15, 0.2) is 12.1 Å². The van der Waals surface area contributed by atoms with E-state index >= 15 is 0 Å². The SMILES string of the molecule is CCC(CO)CNCc1cc(OC)c(OC)cc1C. The number of rotatable bonds is 8. The molecular formula is C15H25NO3. The molecule has 19 heavy (non-hydrogen) atoms. The Bertz CT molecular complexity index is 389. The molecule has 0 aliphatic rings. The molecular weight excluding hydrogens is 242 g/mol. The fourth-order valence-electron chi connectivity index (χ4n) is 1.96. The van der Waals surface area contributed by atoms with E-state index in [4.69, 9.17) is 14.6 Å².